The number of nitrogens with zero attached hydrogens (tertiary/aromatic N) is 2. The lowest BCUT2D eigenvalue weighted by Crippen LogP contribution is -2.62. The van der Waals surface area contributed by atoms with Gasteiger partial charge >= 0.3 is 23.9 Å². The second-order valence-corrected chi connectivity index (χ2v) is 16.4. The van der Waals surface area contributed by atoms with Crippen molar-refractivity contribution in [2.24, 2.45) is 11.8 Å². The molecule has 23 nitrogen and oxygen atoms in total. The van der Waals surface area contributed by atoms with Crippen molar-refractivity contribution >= 4 is 71.1 Å². The number of urea groups is 1. The van der Waals surface area contributed by atoms with Crippen LogP contribution in [0.15, 0.2) is 43.0 Å². The molecule has 67 heavy (non-hydrogen) atoms. The maximum absolute atomic E-state index is 14.6. The van der Waals surface area contributed by atoms with Gasteiger partial charge in [-0.3, -0.25) is 52.7 Å². The molecule has 1 saturated heterocycles. The van der Waals surface area contributed by atoms with Gasteiger partial charge < -0.3 is 51.8 Å². The third-order valence-corrected chi connectivity index (χ3v) is 10.2. The molecule has 0 spiro atoms. The Balaban J connectivity index is 2.46. The monoisotopic (exact) mass is 942 g/mol. The van der Waals surface area contributed by atoms with Crippen molar-refractivity contribution in [3.63, 3.8) is 0 Å². The molecule has 23 heteroatoms. The van der Waals surface area contributed by atoms with Crippen LogP contribution in [0.3, 0.4) is 0 Å². The van der Waals surface area contributed by atoms with Gasteiger partial charge in [0.25, 0.3) is 11.8 Å². The highest BCUT2D eigenvalue weighted by atomic mass is 16.5. The van der Waals surface area contributed by atoms with Gasteiger partial charge in [-0.25, -0.2) is 9.69 Å². The fourth-order valence-corrected chi connectivity index (χ4v) is 6.75. The van der Waals surface area contributed by atoms with Crippen LogP contribution in [0.25, 0.3) is 0 Å². The molecule has 0 radical (unpaired) electrons. The molecule has 1 aliphatic heterocycles. The van der Waals surface area contributed by atoms with Gasteiger partial charge in [0.15, 0.2) is 0 Å². The number of carboxylic acid groups (broad SMARTS) is 2. The summed E-state index contributed by atoms with van der Waals surface area (Å²) >= 11 is 0. The van der Waals surface area contributed by atoms with Crippen LogP contribution >= 0.6 is 0 Å². The zero-order chi connectivity index (χ0) is 50.5. The molecule has 8 N–H and O–H groups in total. The molecule has 1 aromatic carbocycles. The average molecular weight is 943 g/mol. The highest BCUT2D eigenvalue weighted by molar-refractivity contribution is 6.38. The SMILES string of the molecule is C=CCOC(=O)CNC(=O)C(=O)C(CCC)NC(=O)C1CN(Cc2ccccc2)C(=O)N1C(=O)[C@@H](NC(=O)[C@@H](NC(=O)[C@H](CCC(=O)O)NC(=O)[C@H](CCC(=O)O)NC(C)=O)C(C)C)C(C)C. The summed E-state index contributed by atoms with van der Waals surface area (Å²) in [5.41, 5.74) is 0.639. The van der Waals surface area contributed by atoms with Crippen LogP contribution in [0.1, 0.15) is 85.6 Å². The molecule has 0 bridgehead atoms. The standard InChI is InChI=1S/C44H62N8O15/c1-8-13-28(37(59)42(64)45-21-34(58)67-20-9-2)47-40(62)31-23-51(22-27-14-11-10-12-15-27)44(66)52(31)43(65)36(25(5)6)50-41(63)35(24(3)4)49-39(61)30(17-19-33(56)57)48-38(60)29(46-26(7)53)16-18-32(54)55/h9-12,14-15,24-25,28-31,35-36H,2,8,13,16-23H2,1,3-7H3,(H,45,64)(H,46,53)(H,47,62)(H,48,60)(H,49,61)(H,50,63)(H,54,55)(H,56,57)/t28?,29-,30-,31?,35-,36-/m0/s1. The molecule has 1 aromatic rings. The van der Waals surface area contributed by atoms with Gasteiger partial charge in [-0.15, -0.1) is 0 Å². The number of carbonyl (C=O) groups excluding carboxylic acids is 10. The van der Waals surface area contributed by atoms with Crippen molar-refractivity contribution in [1.29, 1.82) is 0 Å². The summed E-state index contributed by atoms with van der Waals surface area (Å²) in [5.74, 6) is -13.0. The first-order chi connectivity index (χ1) is 31.5. The van der Waals surface area contributed by atoms with E-state index in [1.165, 1.54) is 38.7 Å². The second kappa shape index (κ2) is 27.3. The Morgan fingerprint density at radius 3 is 1.84 bits per heavy atom. The normalized spacial score (nSPS) is 15.5. The van der Waals surface area contributed by atoms with E-state index in [1.807, 2.05) is 0 Å². The molecule has 368 valence electrons. The van der Waals surface area contributed by atoms with E-state index in [1.54, 1.807) is 37.3 Å². The zero-order valence-corrected chi connectivity index (χ0v) is 38.5. The molecular weight excluding hydrogens is 881 g/mol. The van der Waals surface area contributed by atoms with Crippen LogP contribution in [0, 0.1) is 11.8 Å². The Hall–Kier alpha value is -7.20. The predicted octanol–water partition coefficient (Wildman–Crippen LogP) is -0.480. The van der Waals surface area contributed by atoms with E-state index in [0.717, 1.165) is 6.92 Å². The Labute approximate surface area is 387 Å². The highest BCUT2D eigenvalue weighted by Gasteiger charge is 2.48. The third-order valence-electron chi connectivity index (χ3n) is 10.2. The maximum Gasteiger partial charge on any atom is 0.327 e. The first kappa shape index (κ1) is 55.9. The number of rotatable bonds is 28. The summed E-state index contributed by atoms with van der Waals surface area (Å²) < 4.78 is 4.80. The molecule has 6 atom stereocenters. The molecule has 0 saturated carbocycles. The summed E-state index contributed by atoms with van der Waals surface area (Å²) in [6.07, 6.45) is -0.470. The number of hydrogen-bond donors (Lipinski definition) is 8. The van der Waals surface area contributed by atoms with Crippen molar-refractivity contribution < 1.29 is 72.5 Å². The Morgan fingerprint density at radius 1 is 0.761 bits per heavy atom. The lowest BCUT2D eigenvalue weighted by molar-refractivity contribution is -0.145. The van der Waals surface area contributed by atoms with Crippen LogP contribution in [-0.4, -0.2) is 147 Å². The van der Waals surface area contributed by atoms with Gasteiger partial charge in [-0.05, 0) is 36.7 Å². The van der Waals surface area contributed by atoms with Crippen LogP contribution < -0.4 is 31.9 Å². The van der Waals surface area contributed by atoms with Gasteiger partial charge in [0, 0.05) is 26.3 Å². The molecule has 2 rings (SSSR count). The van der Waals surface area contributed by atoms with Gasteiger partial charge in [0.1, 0.15) is 43.4 Å². The predicted molar refractivity (Wildman–Crippen MR) is 236 cm³/mol. The van der Waals surface area contributed by atoms with Crippen LogP contribution in [-0.2, 0) is 64.0 Å². The van der Waals surface area contributed by atoms with Gasteiger partial charge in [-0.1, -0.05) is 84.0 Å². The lowest BCUT2D eigenvalue weighted by Gasteiger charge is -2.31. The molecule has 1 fully saturated rings. The molecule has 0 aliphatic carbocycles. The summed E-state index contributed by atoms with van der Waals surface area (Å²) in [5, 5.41) is 32.8. The number of imide groups is 1. The Morgan fingerprint density at radius 2 is 1.31 bits per heavy atom. The van der Waals surface area contributed by atoms with Crippen LogP contribution in [0.5, 0.6) is 0 Å². The fourth-order valence-electron chi connectivity index (χ4n) is 6.75. The first-order valence-electron chi connectivity index (χ1n) is 21.7. The Bertz CT molecular complexity index is 2010. The number of aliphatic carboxylic acids is 2. The number of nitrogens with one attached hydrogen (secondary N) is 6. The maximum atomic E-state index is 14.6. The summed E-state index contributed by atoms with van der Waals surface area (Å²) in [6, 6.07) is -1.36. The van der Waals surface area contributed by atoms with Crippen molar-refractivity contribution in [1.82, 2.24) is 41.7 Å². The molecule has 9 amide bonds. The summed E-state index contributed by atoms with van der Waals surface area (Å²) in [4.78, 5) is 158. The number of carbonyl (C=O) groups is 12. The topological polar surface area (TPSA) is 333 Å². The minimum atomic E-state index is -1.60. The number of amides is 9. The first-order valence-corrected chi connectivity index (χ1v) is 21.7. The lowest BCUT2D eigenvalue weighted by atomic mass is 9.98. The van der Waals surface area contributed by atoms with Gasteiger partial charge in [-0.2, -0.15) is 0 Å². The number of hydrogen-bond acceptors (Lipinski definition) is 13. The largest absolute Gasteiger partial charge is 0.481 e. The minimum Gasteiger partial charge on any atom is -0.481 e. The number of esters is 1. The average Bonchev–Trinajstić information content (AvgIpc) is 3.59. The van der Waals surface area contributed by atoms with E-state index in [9.17, 15) is 62.6 Å². The summed E-state index contributed by atoms with van der Waals surface area (Å²) in [6.45, 7) is 11.1. The van der Waals surface area contributed by atoms with E-state index in [-0.39, 0.29) is 32.5 Å². The molecule has 1 aliphatic rings. The number of Topliss-reactive ketones (excluding diaryl/α,β-unsaturated/α-hetero) is 1. The highest BCUT2D eigenvalue weighted by Crippen LogP contribution is 2.23. The molecule has 1 heterocycles. The van der Waals surface area contributed by atoms with Gasteiger partial charge in [0.05, 0.1) is 12.6 Å². The van der Waals surface area contributed by atoms with Crippen molar-refractivity contribution in [3.8, 4) is 0 Å². The van der Waals surface area contributed by atoms with Crippen LogP contribution in [0.4, 0.5) is 4.79 Å². The zero-order valence-electron chi connectivity index (χ0n) is 38.5. The van der Waals surface area contributed by atoms with E-state index in [4.69, 9.17) is 9.84 Å². The Kier molecular flexibility index (Phi) is 22.8. The number of ether oxygens (including phenoxy) is 1. The quantitative estimate of drug-likeness (QED) is 0.0299. The second-order valence-electron chi connectivity index (χ2n) is 16.4. The van der Waals surface area contributed by atoms with Crippen molar-refractivity contribution in [2.75, 3.05) is 19.7 Å². The molecular formula is C44H62N8O15. The van der Waals surface area contributed by atoms with E-state index in [2.05, 4.69) is 38.5 Å². The smallest absolute Gasteiger partial charge is 0.327 e. The number of benzene rings is 1. The van der Waals surface area contributed by atoms with E-state index < -0.39 is 145 Å². The van der Waals surface area contributed by atoms with Crippen molar-refractivity contribution in [3.05, 3.63) is 48.6 Å². The third kappa shape index (κ3) is 18.0. The minimum absolute atomic E-state index is 0.0459. The number of ketones is 1. The fraction of sp³-hybridized carbons (Fsp3) is 0.545. The van der Waals surface area contributed by atoms with E-state index >= 15 is 0 Å². The molecule has 2 unspecified atom stereocenters. The van der Waals surface area contributed by atoms with Crippen LogP contribution in [0.2, 0.25) is 0 Å². The molecule has 0 aromatic heterocycles. The summed E-state index contributed by atoms with van der Waals surface area (Å²) in [7, 11) is 0. The van der Waals surface area contributed by atoms with E-state index in [0.29, 0.717) is 16.9 Å². The number of carboxylic acids is 2. The van der Waals surface area contributed by atoms with Crippen molar-refractivity contribution in [2.45, 2.75) is 123 Å². The van der Waals surface area contributed by atoms with Gasteiger partial charge in [0.2, 0.25) is 35.3 Å².